The number of rotatable bonds is 4. The number of aromatic nitrogens is 3. The minimum Gasteiger partial charge on any atom is -0.435 e. The molecule has 4 rings (SSSR count). The third-order valence-electron chi connectivity index (χ3n) is 4.77. The number of carbonyl (C=O) groups excluding carboxylic acids is 1. The molecule has 1 aliphatic rings. The summed E-state index contributed by atoms with van der Waals surface area (Å²) in [6.45, 7) is 2.51. The largest absolute Gasteiger partial charge is 0.435 e. The van der Waals surface area contributed by atoms with Gasteiger partial charge in [-0.05, 0) is 30.7 Å². The fourth-order valence-electron chi connectivity index (χ4n) is 3.30. The van der Waals surface area contributed by atoms with Crippen molar-refractivity contribution in [2.75, 3.05) is 0 Å². The zero-order valence-corrected chi connectivity index (χ0v) is 15.5. The molecule has 3 heterocycles. The van der Waals surface area contributed by atoms with Crippen molar-refractivity contribution in [3.05, 3.63) is 71.4 Å². The van der Waals surface area contributed by atoms with E-state index in [0.29, 0.717) is 23.9 Å². The Morgan fingerprint density at radius 3 is 2.69 bits per heavy atom. The molecule has 29 heavy (non-hydrogen) atoms. The van der Waals surface area contributed by atoms with E-state index in [2.05, 4.69) is 10.1 Å². The van der Waals surface area contributed by atoms with Crippen molar-refractivity contribution < 1.29 is 22.7 Å². The van der Waals surface area contributed by atoms with Crippen LogP contribution in [0.4, 0.5) is 13.2 Å². The number of carbonyl (C=O) groups is 1. The summed E-state index contributed by atoms with van der Waals surface area (Å²) in [6.07, 6.45) is 2.92. The van der Waals surface area contributed by atoms with E-state index >= 15 is 0 Å². The van der Waals surface area contributed by atoms with Crippen LogP contribution in [0, 0.1) is 17.5 Å². The fourth-order valence-corrected chi connectivity index (χ4v) is 3.30. The first-order valence-corrected chi connectivity index (χ1v) is 8.99. The van der Waals surface area contributed by atoms with E-state index < -0.39 is 17.5 Å². The van der Waals surface area contributed by atoms with Gasteiger partial charge in [-0.1, -0.05) is 6.07 Å². The molecule has 0 N–H and O–H groups in total. The molecule has 0 saturated carbocycles. The lowest BCUT2D eigenvalue weighted by atomic mass is 10.1. The molecule has 0 unspecified atom stereocenters. The SMILES string of the molecule is C[C@H]1Cn2ncc(Oc3ccccn3)c2CN1C(=O)Cc1cc(F)c(F)c(F)c1. The highest BCUT2D eigenvalue weighted by Gasteiger charge is 2.30. The molecule has 1 aliphatic heterocycles. The van der Waals surface area contributed by atoms with Crippen LogP contribution in [-0.4, -0.2) is 31.6 Å². The predicted molar refractivity (Wildman–Crippen MR) is 96.6 cm³/mol. The van der Waals surface area contributed by atoms with Gasteiger partial charge in [0.2, 0.25) is 11.8 Å². The molecule has 0 spiro atoms. The highest BCUT2D eigenvalue weighted by atomic mass is 19.2. The van der Waals surface area contributed by atoms with Crippen molar-refractivity contribution in [2.24, 2.45) is 0 Å². The van der Waals surface area contributed by atoms with Crippen LogP contribution >= 0.6 is 0 Å². The average Bonchev–Trinajstić information content (AvgIpc) is 3.07. The van der Waals surface area contributed by atoms with E-state index in [0.717, 1.165) is 12.1 Å². The Labute approximate surface area is 164 Å². The summed E-state index contributed by atoms with van der Waals surface area (Å²) in [5.41, 5.74) is 0.765. The number of nitrogens with zero attached hydrogens (tertiary/aromatic N) is 4. The van der Waals surface area contributed by atoms with Gasteiger partial charge in [-0.3, -0.25) is 9.48 Å². The van der Waals surface area contributed by atoms with Gasteiger partial charge in [0.05, 0.1) is 25.7 Å². The van der Waals surface area contributed by atoms with Crippen LogP contribution in [0.15, 0.2) is 42.7 Å². The van der Waals surface area contributed by atoms with E-state index in [-0.39, 0.29) is 30.5 Å². The summed E-state index contributed by atoms with van der Waals surface area (Å²) in [4.78, 5) is 18.5. The number of halogens is 3. The molecular formula is C20H17F3N4O2. The first-order valence-electron chi connectivity index (χ1n) is 8.99. The maximum Gasteiger partial charge on any atom is 0.227 e. The molecule has 0 saturated heterocycles. The molecule has 0 fully saturated rings. The van der Waals surface area contributed by atoms with Crippen LogP contribution in [0.25, 0.3) is 0 Å². The summed E-state index contributed by atoms with van der Waals surface area (Å²) < 4.78 is 47.6. The second-order valence-corrected chi connectivity index (χ2v) is 6.83. The third-order valence-corrected chi connectivity index (χ3v) is 4.77. The van der Waals surface area contributed by atoms with Crippen molar-refractivity contribution >= 4 is 5.91 Å². The summed E-state index contributed by atoms with van der Waals surface area (Å²) in [6, 6.07) is 6.75. The quantitative estimate of drug-likeness (QED) is 0.627. The van der Waals surface area contributed by atoms with Crippen LogP contribution in [0.1, 0.15) is 18.2 Å². The van der Waals surface area contributed by atoms with Crippen LogP contribution in [-0.2, 0) is 24.3 Å². The van der Waals surface area contributed by atoms with Gasteiger partial charge < -0.3 is 9.64 Å². The highest BCUT2D eigenvalue weighted by molar-refractivity contribution is 5.79. The number of ether oxygens (including phenoxy) is 1. The Morgan fingerprint density at radius 1 is 1.24 bits per heavy atom. The van der Waals surface area contributed by atoms with Crippen molar-refractivity contribution in [3.63, 3.8) is 0 Å². The van der Waals surface area contributed by atoms with Crippen LogP contribution in [0.3, 0.4) is 0 Å². The molecule has 0 radical (unpaired) electrons. The molecular weight excluding hydrogens is 385 g/mol. The average molecular weight is 402 g/mol. The zero-order valence-electron chi connectivity index (χ0n) is 15.5. The molecule has 0 aliphatic carbocycles. The van der Waals surface area contributed by atoms with Crippen molar-refractivity contribution in [1.29, 1.82) is 0 Å². The van der Waals surface area contributed by atoms with Gasteiger partial charge in [0.15, 0.2) is 23.2 Å². The summed E-state index contributed by atoms with van der Waals surface area (Å²) in [5, 5.41) is 4.30. The van der Waals surface area contributed by atoms with Crippen LogP contribution < -0.4 is 4.74 Å². The number of hydrogen-bond donors (Lipinski definition) is 0. The van der Waals surface area contributed by atoms with Gasteiger partial charge in [0.25, 0.3) is 0 Å². The van der Waals surface area contributed by atoms with Crippen molar-refractivity contribution in [2.45, 2.75) is 32.5 Å². The van der Waals surface area contributed by atoms with E-state index in [1.807, 2.05) is 6.92 Å². The molecule has 1 amide bonds. The lowest BCUT2D eigenvalue weighted by Gasteiger charge is -2.34. The lowest BCUT2D eigenvalue weighted by Crippen LogP contribution is -2.45. The molecule has 0 bridgehead atoms. The topological polar surface area (TPSA) is 60.2 Å². The van der Waals surface area contributed by atoms with Crippen molar-refractivity contribution in [3.8, 4) is 11.6 Å². The second-order valence-electron chi connectivity index (χ2n) is 6.83. The highest BCUT2D eigenvalue weighted by Crippen LogP contribution is 2.29. The van der Waals surface area contributed by atoms with Gasteiger partial charge in [0.1, 0.15) is 5.69 Å². The predicted octanol–water partition coefficient (Wildman–Crippen LogP) is 3.46. The lowest BCUT2D eigenvalue weighted by molar-refractivity contribution is -0.134. The number of hydrogen-bond acceptors (Lipinski definition) is 4. The zero-order chi connectivity index (χ0) is 20.5. The van der Waals surface area contributed by atoms with Gasteiger partial charge in [-0.15, -0.1) is 0 Å². The Hall–Kier alpha value is -3.36. The number of fused-ring (bicyclic) bond motifs is 1. The van der Waals surface area contributed by atoms with E-state index in [1.165, 1.54) is 0 Å². The van der Waals surface area contributed by atoms with Crippen molar-refractivity contribution in [1.82, 2.24) is 19.7 Å². The third kappa shape index (κ3) is 3.80. The van der Waals surface area contributed by atoms with Gasteiger partial charge in [0, 0.05) is 18.3 Å². The van der Waals surface area contributed by atoms with E-state index in [1.54, 1.807) is 40.2 Å². The van der Waals surface area contributed by atoms with E-state index in [4.69, 9.17) is 4.74 Å². The van der Waals surface area contributed by atoms with E-state index in [9.17, 15) is 18.0 Å². The van der Waals surface area contributed by atoms with Gasteiger partial charge in [-0.2, -0.15) is 5.10 Å². The minimum absolute atomic E-state index is 0.0719. The molecule has 6 nitrogen and oxygen atoms in total. The Bertz CT molecular complexity index is 1030. The molecule has 9 heteroatoms. The minimum atomic E-state index is -1.55. The molecule has 150 valence electrons. The maximum absolute atomic E-state index is 13.5. The Morgan fingerprint density at radius 2 is 2.00 bits per heavy atom. The van der Waals surface area contributed by atoms with Crippen LogP contribution in [0.2, 0.25) is 0 Å². The summed E-state index contributed by atoms with van der Waals surface area (Å²) in [5.74, 6) is -3.64. The smallest absolute Gasteiger partial charge is 0.227 e. The molecule has 1 aromatic carbocycles. The Balaban J connectivity index is 1.53. The number of amides is 1. The molecule has 1 atom stereocenters. The first-order chi connectivity index (χ1) is 13.9. The second kappa shape index (κ2) is 7.57. The maximum atomic E-state index is 13.5. The number of pyridine rings is 1. The summed E-state index contributed by atoms with van der Waals surface area (Å²) >= 11 is 0. The Kier molecular flexibility index (Phi) is 4.96. The molecule has 2 aromatic heterocycles. The normalized spacial score (nSPS) is 15.9. The molecule has 3 aromatic rings. The first kappa shape index (κ1) is 19.0. The number of benzene rings is 1. The standard InChI is InChI=1S/C20H17F3N4O2/c1-12-10-27-16(17(9-25-27)29-18-4-2-3-5-24-18)11-26(12)19(28)8-13-6-14(21)20(23)15(22)7-13/h2-7,9,12H,8,10-11H2,1H3/t12-/m0/s1. The summed E-state index contributed by atoms with van der Waals surface area (Å²) in [7, 11) is 0. The fraction of sp³-hybridized carbons (Fsp3) is 0.250. The van der Waals surface area contributed by atoms with Crippen LogP contribution in [0.5, 0.6) is 11.6 Å². The van der Waals surface area contributed by atoms with Gasteiger partial charge in [-0.25, -0.2) is 18.2 Å². The van der Waals surface area contributed by atoms with Gasteiger partial charge >= 0.3 is 0 Å². The monoisotopic (exact) mass is 402 g/mol.